The summed E-state index contributed by atoms with van der Waals surface area (Å²) in [6.07, 6.45) is 4.92. The molecule has 1 heterocycles. The number of hydrogen-bond acceptors (Lipinski definition) is 3. The standard InChI is InChI=1S/C20H29N3O2/c1-3-12-22(2)20(25)17-6-4-5-7-18(17)23-13-10-16(11-14-23)21-19(24)15-8-9-15/h4-7,15-16H,3,8-14H2,1-2H3,(H,21,24). The Kier molecular flexibility index (Phi) is 5.61. The molecule has 1 saturated carbocycles. The van der Waals surface area contributed by atoms with E-state index in [0.717, 1.165) is 63.0 Å². The first-order chi connectivity index (χ1) is 12.1. The first kappa shape index (κ1) is 17.8. The number of piperidine rings is 1. The van der Waals surface area contributed by atoms with E-state index in [9.17, 15) is 9.59 Å². The minimum Gasteiger partial charge on any atom is -0.371 e. The number of nitrogens with one attached hydrogen (secondary N) is 1. The largest absolute Gasteiger partial charge is 0.371 e. The number of benzene rings is 1. The number of anilines is 1. The van der Waals surface area contributed by atoms with Gasteiger partial charge in [-0.15, -0.1) is 0 Å². The first-order valence-electron chi connectivity index (χ1n) is 9.50. The molecule has 0 atom stereocenters. The summed E-state index contributed by atoms with van der Waals surface area (Å²) in [4.78, 5) is 28.7. The second-order valence-corrected chi connectivity index (χ2v) is 7.29. The minimum atomic E-state index is 0.0848. The molecule has 1 saturated heterocycles. The summed E-state index contributed by atoms with van der Waals surface area (Å²) >= 11 is 0. The Bertz CT molecular complexity index is 619. The Hall–Kier alpha value is -2.04. The Balaban J connectivity index is 1.63. The Morgan fingerprint density at radius 2 is 1.84 bits per heavy atom. The van der Waals surface area contributed by atoms with Crippen molar-refractivity contribution in [1.82, 2.24) is 10.2 Å². The second kappa shape index (κ2) is 7.89. The van der Waals surface area contributed by atoms with Gasteiger partial charge in [0.25, 0.3) is 5.91 Å². The number of rotatable bonds is 6. The van der Waals surface area contributed by atoms with E-state index < -0.39 is 0 Å². The third-order valence-corrected chi connectivity index (χ3v) is 5.17. The molecule has 136 valence electrons. The van der Waals surface area contributed by atoms with E-state index in [0.29, 0.717) is 0 Å². The van der Waals surface area contributed by atoms with Crippen LogP contribution in [0.5, 0.6) is 0 Å². The SMILES string of the molecule is CCCN(C)C(=O)c1ccccc1N1CCC(NC(=O)C2CC2)CC1. The molecule has 0 spiro atoms. The molecular formula is C20H29N3O2. The van der Waals surface area contributed by atoms with Gasteiger partial charge in [0.2, 0.25) is 5.91 Å². The van der Waals surface area contributed by atoms with Gasteiger partial charge in [0, 0.05) is 44.3 Å². The molecule has 0 radical (unpaired) electrons. The monoisotopic (exact) mass is 343 g/mol. The van der Waals surface area contributed by atoms with E-state index in [1.165, 1.54) is 0 Å². The predicted octanol–water partition coefficient (Wildman–Crippen LogP) is 2.66. The zero-order valence-electron chi connectivity index (χ0n) is 15.3. The van der Waals surface area contributed by atoms with Crippen LogP contribution in [0.2, 0.25) is 0 Å². The fraction of sp³-hybridized carbons (Fsp3) is 0.600. The molecule has 1 aromatic carbocycles. The number of amides is 2. The molecule has 5 nitrogen and oxygen atoms in total. The van der Waals surface area contributed by atoms with Crippen molar-refractivity contribution in [2.24, 2.45) is 5.92 Å². The van der Waals surface area contributed by atoms with Gasteiger partial charge in [-0.3, -0.25) is 9.59 Å². The Labute approximate surface area is 150 Å². The summed E-state index contributed by atoms with van der Waals surface area (Å²) < 4.78 is 0. The fourth-order valence-corrected chi connectivity index (χ4v) is 3.50. The van der Waals surface area contributed by atoms with Crippen molar-refractivity contribution in [1.29, 1.82) is 0 Å². The molecule has 2 fully saturated rings. The maximum Gasteiger partial charge on any atom is 0.255 e. The van der Waals surface area contributed by atoms with Crippen LogP contribution < -0.4 is 10.2 Å². The number of carbonyl (C=O) groups excluding carboxylic acids is 2. The van der Waals surface area contributed by atoms with Gasteiger partial charge in [-0.1, -0.05) is 19.1 Å². The highest BCUT2D eigenvalue weighted by Crippen LogP contribution is 2.30. The summed E-state index contributed by atoms with van der Waals surface area (Å²) in [6, 6.07) is 8.16. The van der Waals surface area contributed by atoms with E-state index >= 15 is 0 Å². The predicted molar refractivity (Wildman–Crippen MR) is 99.8 cm³/mol. The maximum atomic E-state index is 12.7. The molecule has 25 heavy (non-hydrogen) atoms. The molecule has 1 N–H and O–H groups in total. The molecule has 1 aliphatic heterocycles. The maximum absolute atomic E-state index is 12.7. The molecule has 3 rings (SSSR count). The number of nitrogens with zero attached hydrogens (tertiary/aromatic N) is 2. The van der Waals surface area contributed by atoms with Crippen molar-refractivity contribution in [3.8, 4) is 0 Å². The van der Waals surface area contributed by atoms with E-state index in [1.807, 2.05) is 31.3 Å². The van der Waals surface area contributed by atoms with Gasteiger partial charge in [-0.2, -0.15) is 0 Å². The van der Waals surface area contributed by atoms with E-state index in [1.54, 1.807) is 4.90 Å². The quantitative estimate of drug-likeness (QED) is 0.864. The highest BCUT2D eigenvalue weighted by Gasteiger charge is 2.32. The van der Waals surface area contributed by atoms with Gasteiger partial charge >= 0.3 is 0 Å². The number of para-hydroxylation sites is 1. The van der Waals surface area contributed by atoms with Crippen molar-refractivity contribution in [3.63, 3.8) is 0 Å². The lowest BCUT2D eigenvalue weighted by Gasteiger charge is -2.35. The summed E-state index contributed by atoms with van der Waals surface area (Å²) in [5.74, 6) is 0.585. The van der Waals surface area contributed by atoms with E-state index in [2.05, 4.69) is 17.1 Å². The lowest BCUT2D eigenvalue weighted by Crippen LogP contribution is -2.45. The zero-order valence-corrected chi connectivity index (χ0v) is 15.3. The van der Waals surface area contributed by atoms with Crippen molar-refractivity contribution in [3.05, 3.63) is 29.8 Å². The summed E-state index contributed by atoms with van der Waals surface area (Å²) in [5, 5.41) is 3.18. The van der Waals surface area contributed by atoms with Crippen LogP contribution in [-0.2, 0) is 4.79 Å². The van der Waals surface area contributed by atoms with Gasteiger partial charge in [0.05, 0.1) is 5.56 Å². The molecule has 0 bridgehead atoms. The molecule has 5 heteroatoms. The van der Waals surface area contributed by atoms with Gasteiger partial charge in [-0.05, 0) is 44.2 Å². The van der Waals surface area contributed by atoms with Gasteiger partial charge < -0.3 is 15.1 Å². The van der Waals surface area contributed by atoms with Crippen LogP contribution in [0.1, 0.15) is 49.4 Å². The molecule has 1 aliphatic carbocycles. The van der Waals surface area contributed by atoms with Crippen molar-refractivity contribution >= 4 is 17.5 Å². The van der Waals surface area contributed by atoms with Crippen LogP contribution in [0, 0.1) is 5.92 Å². The topological polar surface area (TPSA) is 52.7 Å². The molecule has 0 aromatic heterocycles. The van der Waals surface area contributed by atoms with Crippen molar-refractivity contribution in [2.45, 2.75) is 45.1 Å². The normalized spacial score (nSPS) is 18.1. The smallest absolute Gasteiger partial charge is 0.255 e. The summed E-state index contributed by atoms with van der Waals surface area (Å²) in [7, 11) is 1.86. The van der Waals surface area contributed by atoms with Crippen molar-refractivity contribution < 1.29 is 9.59 Å². The third-order valence-electron chi connectivity index (χ3n) is 5.17. The van der Waals surface area contributed by atoms with Crippen LogP contribution >= 0.6 is 0 Å². The lowest BCUT2D eigenvalue weighted by molar-refractivity contribution is -0.123. The Morgan fingerprint density at radius 1 is 1.16 bits per heavy atom. The van der Waals surface area contributed by atoms with Crippen LogP contribution in [0.4, 0.5) is 5.69 Å². The van der Waals surface area contributed by atoms with Gasteiger partial charge in [0.1, 0.15) is 0 Å². The first-order valence-corrected chi connectivity index (χ1v) is 9.50. The van der Waals surface area contributed by atoms with Crippen molar-refractivity contribution in [2.75, 3.05) is 31.6 Å². The third kappa shape index (κ3) is 4.33. The molecular weight excluding hydrogens is 314 g/mol. The van der Waals surface area contributed by atoms with E-state index in [4.69, 9.17) is 0 Å². The summed E-state index contributed by atoms with van der Waals surface area (Å²) in [6.45, 7) is 4.59. The van der Waals surface area contributed by atoms with Gasteiger partial charge in [0.15, 0.2) is 0 Å². The highest BCUT2D eigenvalue weighted by molar-refractivity contribution is 5.99. The molecule has 2 amide bonds. The number of carbonyl (C=O) groups is 2. The van der Waals surface area contributed by atoms with Gasteiger partial charge in [-0.25, -0.2) is 0 Å². The lowest BCUT2D eigenvalue weighted by atomic mass is 10.0. The molecule has 2 aliphatic rings. The van der Waals surface area contributed by atoms with E-state index in [-0.39, 0.29) is 23.8 Å². The zero-order chi connectivity index (χ0) is 17.8. The summed E-state index contributed by atoms with van der Waals surface area (Å²) in [5.41, 5.74) is 1.79. The molecule has 1 aromatic rings. The van der Waals surface area contributed by atoms with Crippen LogP contribution in [0.25, 0.3) is 0 Å². The average Bonchev–Trinajstić information content (AvgIpc) is 3.47. The average molecular weight is 343 g/mol. The Morgan fingerprint density at radius 3 is 2.48 bits per heavy atom. The minimum absolute atomic E-state index is 0.0848. The number of hydrogen-bond donors (Lipinski definition) is 1. The second-order valence-electron chi connectivity index (χ2n) is 7.29. The van der Waals surface area contributed by atoms with Crippen LogP contribution in [0.15, 0.2) is 24.3 Å². The highest BCUT2D eigenvalue weighted by atomic mass is 16.2. The van der Waals surface area contributed by atoms with Crippen LogP contribution in [-0.4, -0.2) is 49.4 Å². The fourth-order valence-electron chi connectivity index (χ4n) is 3.50. The van der Waals surface area contributed by atoms with Crippen LogP contribution in [0.3, 0.4) is 0 Å². The molecule has 0 unspecified atom stereocenters.